The fraction of sp³-hybridized carbons (Fsp3) is 0.667. The van der Waals surface area contributed by atoms with Crippen molar-refractivity contribution in [2.45, 2.75) is 118 Å². The van der Waals surface area contributed by atoms with E-state index in [0.29, 0.717) is 24.9 Å². The Bertz CT molecular complexity index is 1470. The minimum absolute atomic E-state index is 0.0844. The molecule has 2 fully saturated rings. The third-order valence-electron chi connectivity index (χ3n) is 10.6. The number of benzene rings is 1. The third-order valence-corrected chi connectivity index (χ3v) is 10.6. The highest BCUT2D eigenvalue weighted by atomic mass is 16.2. The van der Waals surface area contributed by atoms with Gasteiger partial charge >= 0.3 is 6.03 Å². The molecule has 0 aromatic heterocycles. The molecular weight excluding hydrogens is 650 g/mol. The van der Waals surface area contributed by atoms with Gasteiger partial charge in [0.2, 0.25) is 23.5 Å². The molecule has 1 aliphatic carbocycles. The van der Waals surface area contributed by atoms with Gasteiger partial charge in [0.05, 0.1) is 6.04 Å². The van der Waals surface area contributed by atoms with Gasteiger partial charge in [0, 0.05) is 51.9 Å². The van der Waals surface area contributed by atoms with Crippen LogP contribution in [0, 0.1) is 28.6 Å². The number of nitrogens with zero attached hydrogens (tertiary/aromatic N) is 2. The first-order valence-electron chi connectivity index (χ1n) is 18.3. The van der Waals surface area contributed by atoms with Crippen LogP contribution < -0.4 is 16.0 Å². The first-order chi connectivity index (χ1) is 23.8. The van der Waals surface area contributed by atoms with Crippen LogP contribution in [0.2, 0.25) is 0 Å². The van der Waals surface area contributed by atoms with Crippen molar-refractivity contribution in [2.75, 3.05) is 20.6 Å². The van der Waals surface area contributed by atoms with Crippen molar-refractivity contribution in [1.82, 2.24) is 25.8 Å². The number of nitrogens with one attached hydrogen (secondary N) is 3. The molecule has 0 bridgehead atoms. The number of hydrogen-bond acceptors (Lipinski definition) is 7. The number of fused-ring (bicyclic) bond motifs is 1. The molecular formula is C39H59N5O7. The second-order valence-electron chi connectivity index (χ2n) is 16.2. The Balaban J connectivity index is 1.73. The Hall–Kier alpha value is -4.09. The second-order valence-corrected chi connectivity index (χ2v) is 16.2. The van der Waals surface area contributed by atoms with Crippen molar-refractivity contribution >= 4 is 41.1 Å². The molecule has 3 rings (SSSR count). The number of carbonyl (C=O) groups is 7. The highest BCUT2D eigenvalue weighted by Gasteiger charge is 2.69. The number of carbonyl (C=O) groups excluding carboxylic acids is 7. The number of hydrogen-bond donors (Lipinski definition) is 3. The molecule has 51 heavy (non-hydrogen) atoms. The second kappa shape index (κ2) is 17.0. The van der Waals surface area contributed by atoms with E-state index in [1.807, 2.05) is 41.5 Å². The van der Waals surface area contributed by atoms with Crippen LogP contribution in [0.1, 0.15) is 106 Å². The first kappa shape index (κ1) is 41.3. The Kier molecular flexibility index (Phi) is 13.7. The fourth-order valence-corrected chi connectivity index (χ4v) is 7.24. The predicted molar refractivity (Wildman–Crippen MR) is 194 cm³/mol. The van der Waals surface area contributed by atoms with E-state index in [9.17, 15) is 33.6 Å². The Labute approximate surface area is 303 Å². The average molecular weight is 710 g/mol. The summed E-state index contributed by atoms with van der Waals surface area (Å²) in [5.41, 5.74) is -0.234. The highest BCUT2D eigenvalue weighted by molar-refractivity contribution is 6.38. The maximum atomic E-state index is 14.2. The monoisotopic (exact) mass is 709 g/mol. The topological polar surface area (TPSA) is 162 Å². The van der Waals surface area contributed by atoms with Crippen LogP contribution in [0.3, 0.4) is 0 Å². The summed E-state index contributed by atoms with van der Waals surface area (Å²) in [6, 6.07) is 5.60. The van der Waals surface area contributed by atoms with E-state index in [4.69, 9.17) is 0 Å². The zero-order valence-corrected chi connectivity index (χ0v) is 32.1. The fourth-order valence-electron chi connectivity index (χ4n) is 7.24. The lowest BCUT2D eigenvalue weighted by Crippen LogP contribution is -2.60. The van der Waals surface area contributed by atoms with Crippen LogP contribution in [0.15, 0.2) is 30.3 Å². The zero-order chi connectivity index (χ0) is 38.4. The highest BCUT2D eigenvalue weighted by Crippen LogP contribution is 2.65. The summed E-state index contributed by atoms with van der Waals surface area (Å²) in [5, 5.41) is 8.40. The third kappa shape index (κ3) is 10.0. The van der Waals surface area contributed by atoms with Gasteiger partial charge in [0.25, 0.3) is 0 Å². The Morgan fingerprint density at radius 2 is 1.57 bits per heavy atom. The van der Waals surface area contributed by atoms with Gasteiger partial charge in [-0.2, -0.15) is 0 Å². The van der Waals surface area contributed by atoms with E-state index >= 15 is 0 Å². The SMILES string of the molecule is CCCC(CC(=O)[C@@H]1C2C(CN1C(=O)[C@@H](NC(=O)NC(C)CC)C(C)(C)C)C2(C)C)C(=O)C(=O)CCC(=O)NC(C(=O)N(C)C)c1ccccc1. The molecule has 1 saturated carbocycles. The summed E-state index contributed by atoms with van der Waals surface area (Å²) in [6.07, 6.45) is 0.720. The summed E-state index contributed by atoms with van der Waals surface area (Å²) >= 11 is 0. The largest absolute Gasteiger partial charge is 0.347 e. The zero-order valence-electron chi connectivity index (χ0n) is 32.1. The lowest BCUT2D eigenvalue weighted by atomic mass is 9.84. The molecule has 1 saturated heterocycles. The summed E-state index contributed by atoms with van der Waals surface area (Å²) in [7, 11) is 3.17. The van der Waals surface area contributed by atoms with E-state index in [2.05, 4.69) is 29.8 Å². The van der Waals surface area contributed by atoms with Crippen LogP contribution >= 0.6 is 0 Å². The molecule has 1 aromatic rings. The number of likely N-dealkylation sites (tertiary alicyclic amines) is 1. The van der Waals surface area contributed by atoms with Gasteiger partial charge in [-0.1, -0.05) is 85.2 Å². The maximum Gasteiger partial charge on any atom is 0.315 e. The van der Waals surface area contributed by atoms with Gasteiger partial charge in [-0.3, -0.25) is 28.8 Å². The molecule has 12 nitrogen and oxygen atoms in total. The van der Waals surface area contributed by atoms with Crippen molar-refractivity contribution in [1.29, 1.82) is 0 Å². The minimum Gasteiger partial charge on any atom is -0.347 e. The van der Waals surface area contributed by atoms with Crippen molar-refractivity contribution < 1.29 is 33.6 Å². The number of Topliss-reactive ketones (excluding diaryl/α,β-unsaturated/α-hetero) is 3. The molecule has 1 heterocycles. The summed E-state index contributed by atoms with van der Waals surface area (Å²) in [4.78, 5) is 96.6. The summed E-state index contributed by atoms with van der Waals surface area (Å²) in [5.74, 6) is -3.84. The number of rotatable bonds is 17. The van der Waals surface area contributed by atoms with Crippen LogP contribution in [-0.2, 0) is 28.8 Å². The van der Waals surface area contributed by atoms with Gasteiger partial charge in [0.1, 0.15) is 12.1 Å². The predicted octanol–water partition coefficient (Wildman–Crippen LogP) is 4.22. The quantitative estimate of drug-likeness (QED) is 0.204. The van der Waals surface area contributed by atoms with Gasteiger partial charge in [-0.15, -0.1) is 0 Å². The van der Waals surface area contributed by atoms with Crippen molar-refractivity contribution in [3.8, 4) is 0 Å². The molecule has 0 spiro atoms. The number of piperidine rings is 1. The van der Waals surface area contributed by atoms with Gasteiger partial charge in [-0.05, 0) is 48.0 Å². The first-order valence-corrected chi connectivity index (χ1v) is 18.3. The molecule has 5 unspecified atom stereocenters. The molecule has 12 heteroatoms. The molecule has 1 aliphatic heterocycles. The van der Waals surface area contributed by atoms with Crippen molar-refractivity contribution in [3.63, 3.8) is 0 Å². The maximum absolute atomic E-state index is 14.2. The Morgan fingerprint density at radius 3 is 2.12 bits per heavy atom. The summed E-state index contributed by atoms with van der Waals surface area (Å²) < 4.78 is 0. The van der Waals surface area contributed by atoms with Crippen molar-refractivity contribution in [3.05, 3.63) is 35.9 Å². The van der Waals surface area contributed by atoms with Crippen LogP contribution in [-0.4, -0.2) is 89.7 Å². The van der Waals surface area contributed by atoms with E-state index in [0.717, 1.165) is 6.42 Å². The number of amides is 5. The van der Waals surface area contributed by atoms with Crippen LogP contribution in [0.4, 0.5) is 4.79 Å². The van der Waals surface area contributed by atoms with E-state index in [1.54, 1.807) is 49.3 Å². The molecule has 2 aliphatic rings. The number of likely N-dealkylation sites (N-methyl/N-ethyl adjacent to an activating group) is 1. The van der Waals surface area contributed by atoms with Crippen molar-refractivity contribution in [2.24, 2.45) is 28.6 Å². The summed E-state index contributed by atoms with van der Waals surface area (Å²) in [6.45, 7) is 15.8. The number of urea groups is 1. The van der Waals surface area contributed by atoms with Gasteiger partial charge in [0.15, 0.2) is 11.6 Å². The normalized spacial score (nSPS) is 21.3. The molecule has 1 aromatic carbocycles. The van der Waals surface area contributed by atoms with E-state index in [1.165, 1.54) is 4.90 Å². The van der Waals surface area contributed by atoms with Crippen LogP contribution in [0.25, 0.3) is 0 Å². The smallest absolute Gasteiger partial charge is 0.315 e. The van der Waals surface area contributed by atoms with Gasteiger partial charge < -0.3 is 25.8 Å². The molecule has 3 N–H and O–H groups in total. The van der Waals surface area contributed by atoms with Gasteiger partial charge in [-0.25, -0.2) is 4.79 Å². The van der Waals surface area contributed by atoms with E-state index in [-0.39, 0.29) is 60.2 Å². The molecule has 5 amide bonds. The Morgan fingerprint density at radius 1 is 0.941 bits per heavy atom. The molecule has 282 valence electrons. The molecule has 7 atom stereocenters. The number of ketones is 3. The standard InChI is InChI=1S/C39H59N5O7/c1-11-16-25(33(48)27(45)19-20-29(47)41-31(35(49)43(9)10)24-17-14-13-15-18-24)21-28(46)32-30-26(39(30,7)8)22-44(32)36(50)34(38(4,5)6)42-37(51)40-23(3)12-2/h13-15,17-18,23,25-26,30-32,34H,11-12,16,19-22H2,1-10H3,(H,41,47)(H2,40,42,51)/t23?,25?,26?,30?,31?,32-,34-/m1/s1. The lowest BCUT2D eigenvalue weighted by Gasteiger charge is -2.38. The average Bonchev–Trinajstić information content (AvgIpc) is 3.37. The minimum atomic E-state index is -0.945. The van der Waals surface area contributed by atoms with Crippen LogP contribution in [0.5, 0.6) is 0 Å². The van der Waals surface area contributed by atoms with E-state index < -0.39 is 53.0 Å². The lowest BCUT2D eigenvalue weighted by molar-refractivity contribution is -0.144. The molecule has 0 radical (unpaired) electrons.